The summed E-state index contributed by atoms with van der Waals surface area (Å²) in [5.41, 5.74) is 0. The quantitative estimate of drug-likeness (QED) is 0.804. The van der Waals surface area contributed by atoms with Crippen molar-refractivity contribution in [2.75, 3.05) is 32.7 Å². The molecule has 3 saturated heterocycles. The van der Waals surface area contributed by atoms with Gasteiger partial charge in [-0.25, -0.2) is 0 Å². The zero-order valence-electron chi connectivity index (χ0n) is 12.6. The SMILES string of the molecule is O=C1CN(C(=O)CN2CC3CC4CC(C3)CC2C4)CCN1. The lowest BCUT2D eigenvalue weighted by Gasteiger charge is -2.39. The molecular weight excluding hydrogens is 266 g/mol. The molecule has 0 aromatic rings. The van der Waals surface area contributed by atoms with Crippen LogP contribution in [0.5, 0.6) is 0 Å². The number of nitrogens with one attached hydrogen (secondary N) is 1. The predicted molar refractivity (Wildman–Crippen MR) is 78.5 cm³/mol. The maximum absolute atomic E-state index is 12.5. The molecular formula is C16H25N3O2. The molecule has 116 valence electrons. The molecule has 5 rings (SSSR count). The largest absolute Gasteiger partial charge is 0.353 e. The molecule has 5 nitrogen and oxygen atoms in total. The lowest BCUT2D eigenvalue weighted by Crippen LogP contribution is -2.53. The Morgan fingerprint density at radius 1 is 1.10 bits per heavy atom. The van der Waals surface area contributed by atoms with Crippen molar-refractivity contribution in [2.24, 2.45) is 17.8 Å². The lowest BCUT2D eigenvalue weighted by atomic mass is 9.68. The number of fused-ring (bicyclic) bond motifs is 1. The highest BCUT2D eigenvalue weighted by atomic mass is 16.2. The summed E-state index contributed by atoms with van der Waals surface area (Å²) in [4.78, 5) is 28.1. The van der Waals surface area contributed by atoms with Gasteiger partial charge in [0.25, 0.3) is 0 Å². The van der Waals surface area contributed by atoms with Crippen molar-refractivity contribution in [3.63, 3.8) is 0 Å². The molecule has 0 aromatic carbocycles. The van der Waals surface area contributed by atoms with Crippen molar-refractivity contribution in [1.29, 1.82) is 0 Å². The molecule has 0 radical (unpaired) electrons. The van der Waals surface area contributed by atoms with Crippen molar-refractivity contribution >= 4 is 11.8 Å². The third kappa shape index (κ3) is 2.68. The van der Waals surface area contributed by atoms with Gasteiger partial charge in [-0.2, -0.15) is 0 Å². The molecule has 5 heteroatoms. The summed E-state index contributed by atoms with van der Waals surface area (Å²) in [6.07, 6.45) is 6.77. The summed E-state index contributed by atoms with van der Waals surface area (Å²) in [6, 6.07) is 0.615. The van der Waals surface area contributed by atoms with Crippen LogP contribution in [0.3, 0.4) is 0 Å². The van der Waals surface area contributed by atoms with Crippen molar-refractivity contribution < 1.29 is 9.59 Å². The Morgan fingerprint density at radius 2 is 1.81 bits per heavy atom. The summed E-state index contributed by atoms with van der Waals surface area (Å²) >= 11 is 0. The zero-order chi connectivity index (χ0) is 14.4. The Labute approximate surface area is 126 Å². The summed E-state index contributed by atoms with van der Waals surface area (Å²) in [5, 5.41) is 2.78. The molecule has 3 heterocycles. The molecule has 5 aliphatic rings. The van der Waals surface area contributed by atoms with Gasteiger partial charge in [-0.3, -0.25) is 14.5 Å². The van der Waals surface area contributed by atoms with Gasteiger partial charge >= 0.3 is 0 Å². The second-order valence-electron chi connectivity index (χ2n) is 7.53. The molecule has 0 aromatic heterocycles. The van der Waals surface area contributed by atoms with Crippen molar-refractivity contribution in [3.05, 3.63) is 0 Å². The summed E-state index contributed by atoms with van der Waals surface area (Å²) < 4.78 is 0. The topological polar surface area (TPSA) is 52.7 Å². The minimum atomic E-state index is -0.0227. The van der Waals surface area contributed by atoms with Crippen LogP contribution < -0.4 is 5.32 Å². The Balaban J connectivity index is 1.42. The molecule has 2 unspecified atom stereocenters. The van der Waals surface area contributed by atoms with Crippen LogP contribution in [0.4, 0.5) is 0 Å². The number of rotatable bonds is 2. The monoisotopic (exact) mass is 291 g/mol. The average molecular weight is 291 g/mol. The first-order chi connectivity index (χ1) is 10.2. The highest BCUT2D eigenvalue weighted by molar-refractivity contribution is 5.86. The second-order valence-corrected chi connectivity index (χ2v) is 7.53. The third-order valence-corrected chi connectivity index (χ3v) is 5.95. The number of hydrogen-bond acceptors (Lipinski definition) is 3. The summed E-state index contributed by atoms with van der Waals surface area (Å²) in [6.45, 7) is 3.13. The maximum Gasteiger partial charge on any atom is 0.239 e. The first-order valence-corrected chi connectivity index (χ1v) is 8.46. The van der Waals surface area contributed by atoms with E-state index >= 15 is 0 Å². The Bertz CT molecular complexity index is 439. The van der Waals surface area contributed by atoms with Gasteiger partial charge < -0.3 is 10.2 Å². The van der Waals surface area contributed by atoms with E-state index in [1.165, 1.54) is 32.1 Å². The highest BCUT2D eigenvalue weighted by Gasteiger charge is 2.43. The van der Waals surface area contributed by atoms with Crippen molar-refractivity contribution in [3.8, 4) is 0 Å². The van der Waals surface area contributed by atoms with Gasteiger partial charge in [0.2, 0.25) is 11.8 Å². The van der Waals surface area contributed by atoms with Crippen LogP contribution in [0.1, 0.15) is 32.1 Å². The first-order valence-electron chi connectivity index (χ1n) is 8.46. The van der Waals surface area contributed by atoms with E-state index in [0.29, 0.717) is 25.7 Å². The molecule has 5 fully saturated rings. The number of amides is 2. The Morgan fingerprint density at radius 3 is 2.52 bits per heavy atom. The fourth-order valence-electron chi connectivity index (χ4n) is 5.20. The fourth-order valence-corrected chi connectivity index (χ4v) is 5.20. The second kappa shape index (κ2) is 5.27. The zero-order valence-corrected chi connectivity index (χ0v) is 12.6. The first kappa shape index (κ1) is 13.6. The van der Waals surface area contributed by atoms with E-state index < -0.39 is 0 Å². The van der Waals surface area contributed by atoms with Gasteiger partial charge in [-0.1, -0.05) is 0 Å². The molecule has 2 saturated carbocycles. The van der Waals surface area contributed by atoms with Crippen molar-refractivity contribution in [2.45, 2.75) is 38.1 Å². The molecule has 4 bridgehead atoms. The van der Waals surface area contributed by atoms with Gasteiger partial charge in [0.1, 0.15) is 0 Å². The number of piperazine rings is 1. The molecule has 2 amide bonds. The van der Waals surface area contributed by atoms with Gasteiger partial charge in [0, 0.05) is 25.7 Å². The van der Waals surface area contributed by atoms with Gasteiger partial charge in [-0.05, 0) is 49.9 Å². The van der Waals surface area contributed by atoms with Crippen LogP contribution in [0.2, 0.25) is 0 Å². The van der Waals surface area contributed by atoms with E-state index in [9.17, 15) is 9.59 Å². The molecule has 1 N–H and O–H groups in total. The smallest absolute Gasteiger partial charge is 0.239 e. The Hall–Kier alpha value is -1.10. The van der Waals surface area contributed by atoms with Crippen LogP contribution >= 0.6 is 0 Å². The molecule has 3 aliphatic heterocycles. The summed E-state index contributed by atoms with van der Waals surface area (Å²) in [7, 11) is 0. The van der Waals surface area contributed by atoms with Gasteiger partial charge in [-0.15, -0.1) is 0 Å². The molecule has 2 aliphatic carbocycles. The van der Waals surface area contributed by atoms with E-state index in [0.717, 1.165) is 24.3 Å². The Kier molecular flexibility index (Phi) is 3.40. The van der Waals surface area contributed by atoms with E-state index in [-0.39, 0.29) is 18.4 Å². The van der Waals surface area contributed by atoms with E-state index in [1.54, 1.807) is 4.90 Å². The number of hydrogen-bond donors (Lipinski definition) is 1. The van der Waals surface area contributed by atoms with Gasteiger partial charge in [0.05, 0.1) is 13.1 Å². The van der Waals surface area contributed by atoms with Crippen molar-refractivity contribution in [1.82, 2.24) is 15.1 Å². The highest BCUT2D eigenvalue weighted by Crippen LogP contribution is 2.47. The normalized spacial score (nSPS) is 39.2. The van der Waals surface area contributed by atoms with Gasteiger partial charge in [0.15, 0.2) is 0 Å². The van der Waals surface area contributed by atoms with Crippen LogP contribution in [-0.4, -0.2) is 60.4 Å². The van der Waals surface area contributed by atoms with Crippen LogP contribution in [-0.2, 0) is 9.59 Å². The number of nitrogens with zero attached hydrogens (tertiary/aromatic N) is 2. The lowest BCUT2D eigenvalue weighted by molar-refractivity contribution is -0.139. The molecule has 21 heavy (non-hydrogen) atoms. The standard InChI is InChI=1S/C16H25N3O2/c20-15-9-18(2-1-17-15)16(21)10-19-8-13-4-11-3-12(5-13)7-14(19)6-11/h11-14H,1-10H2,(H,17,20). The molecule has 0 spiro atoms. The number of carbonyl (C=O) groups is 2. The summed E-state index contributed by atoms with van der Waals surface area (Å²) in [5.74, 6) is 2.75. The van der Waals surface area contributed by atoms with E-state index in [2.05, 4.69) is 10.2 Å². The minimum Gasteiger partial charge on any atom is -0.353 e. The van der Waals surface area contributed by atoms with Crippen LogP contribution in [0.15, 0.2) is 0 Å². The minimum absolute atomic E-state index is 0.0227. The number of carbonyl (C=O) groups excluding carboxylic acids is 2. The predicted octanol–water partition coefficient (Wildman–Crippen LogP) is 0.455. The third-order valence-electron chi connectivity index (χ3n) is 5.95. The fraction of sp³-hybridized carbons (Fsp3) is 0.875. The van der Waals surface area contributed by atoms with E-state index in [1.807, 2.05) is 0 Å². The maximum atomic E-state index is 12.5. The van der Waals surface area contributed by atoms with Crippen LogP contribution in [0.25, 0.3) is 0 Å². The van der Waals surface area contributed by atoms with E-state index in [4.69, 9.17) is 0 Å². The molecule has 2 atom stereocenters. The van der Waals surface area contributed by atoms with Crippen LogP contribution in [0, 0.1) is 17.8 Å². The average Bonchev–Trinajstić information content (AvgIpc) is 2.63.